The van der Waals surface area contributed by atoms with E-state index in [0.29, 0.717) is 6.61 Å². The molecule has 0 N–H and O–H groups in total. The second-order valence-corrected chi connectivity index (χ2v) is 4.72. The van der Waals surface area contributed by atoms with Crippen molar-refractivity contribution in [2.24, 2.45) is 0 Å². The molecule has 0 rings (SSSR count). The zero-order chi connectivity index (χ0) is 13.7. The summed E-state index contributed by atoms with van der Waals surface area (Å²) in [7, 11) is -2.61. The highest BCUT2D eigenvalue weighted by atomic mass is 32.2. The number of unbranched alkanes of at least 4 members (excludes halogenated alkanes) is 1. The van der Waals surface area contributed by atoms with Crippen LogP contribution in [0.3, 0.4) is 0 Å². The summed E-state index contributed by atoms with van der Waals surface area (Å²) >= 11 is 0. The van der Waals surface area contributed by atoms with Crippen molar-refractivity contribution in [3.8, 4) is 0 Å². The third kappa shape index (κ3) is 10.7. The van der Waals surface area contributed by atoms with Crippen molar-refractivity contribution in [2.75, 3.05) is 32.8 Å². The second kappa shape index (κ2) is 12.3. The molecule has 0 fully saturated rings. The van der Waals surface area contributed by atoms with Gasteiger partial charge in [-0.3, -0.25) is 4.18 Å². The van der Waals surface area contributed by atoms with Crippen LogP contribution in [0.1, 0.15) is 47.5 Å². The van der Waals surface area contributed by atoms with Gasteiger partial charge >= 0.3 is 0 Å². The maximum absolute atomic E-state index is 9.69. The van der Waals surface area contributed by atoms with Gasteiger partial charge in [-0.05, 0) is 34.1 Å². The number of rotatable bonds is 8. The molecule has 0 atom stereocenters. The third-order valence-electron chi connectivity index (χ3n) is 3.38. The minimum absolute atomic E-state index is 0.329. The monoisotopic (exact) mass is 268 g/mol. The summed E-state index contributed by atoms with van der Waals surface area (Å²) in [6.07, 6.45) is 1.77. The molecule has 0 amide bonds. The Hall–Kier alpha value is -0.130. The van der Waals surface area contributed by atoms with Gasteiger partial charge in [0.05, 0.1) is 32.8 Å². The van der Waals surface area contributed by atoms with Crippen LogP contribution in [0.5, 0.6) is 0 Å². The van der Waals surface area contributed by atoms with E-state index in [0.717, 1.165) is 12.8 Å². The van der Waals surface area contributed by atoms with Crippen LogP contribution < -0.4 is 0 Å². The Labute approximate surface area is 109 Å². The molecule has 0 aliphatic rings. The molecule has 0 heterocycles. The maximum Gasteiger partial charge on any atom is 0.257 e. The number of hydrogen-bond acceptors (Lipinski definition) is 3. The van der Waals surface area contributed by atoms with Crippen molar-refractivity contribution in [2.45, 2.75) is 47.5 Å². The summed E-state index contributed by atoms with van der Waals surface area (Å²) < 4.78 is 24.9. The predicted molar refractivity (Wildman–Crippen MR) is 73.6 cm³/mol. The van der Waals surface area contributed by atoms with E-state index in [2.05, 4.69) is 31.9 Å². The zero-order valence-electron chi connectivity index (χ0n) is 12.1. The highest BCUT2D eigenvalue weighted by Gasteiger charge is 2.16. The van der Waals surface area contributed by atoms with E-state index in [4.69, 9.17) is 0 Å². The predicted octanol–water partition coefficient (Wildman–Crippen LogP) is 2.21. The van der Waals surface area contributed by atoms with Crippen molar-refractivity contribution in [3.05, 3.63) is 0 Å². The topological polar surface area (TPSA) is 43.4 Å². The molecule has 0 aromatic heterocycles. The largest absolute Gasteiger partial charge is 0.325 e. The first-order valence-electron chi connectivity index (χ1n) is 6.64. The molecule has 4 nitrogen and oxygen atoms in total. The molecule has 106 valence electrons. The van der Waals surface area contributed by atoms with Crippen LogP contribution in [0.25, 0.3) is 0 Å². The highest BCUT2D eigenvalue weighted by Crippen LogP contribution is 2.03. The zero-order valence-corrected chi connectivity index (χ0v) is 13.0. The standard InChI is InChI=1S/C8H20N.C4H10O3S/c1-5-9(6-2,7-3)8-4;1-2-3-4-7-8(5)6/h5-8H2,1-4H3;8H,2-4H2,1H3/q+1;. The normalized spacial score (nSPS) is 11.2. The summed E-state index contributed by atoms with van der Waals surface area (Å²) in [5.41, 5.74) is 0. The Morgan fingerprint density at radius 1 is 0.882 bits per heavy atom. The molecule has 0 aromatic carbocycles. The Morgan fingerprint density at radius 2 is 1.29 bits per heavy atom. The Morgan fingerprint density at radius 3 is 1.47 bits per heavy atom. The van der Waals surface area contributed by atoms with Gasteiger partial charge in [-0.2, -0.15) is 0 Å². The van der Waals surface area contributed by atoms with Gasteiger partial charge in [0.15, 0.2) is 0 Å². The maximum atomic E-state index is 9.69. The Kier molecular flexibility index (Phi) is 13.9. The van der Waals surface area contributed by atoms with E-state index >= 15 is 0 Å². The summed E-state index contributed by atoms with van der Waals surface area (Å²) in [6, 6.07) is 0. The van der Waals surface area contributed by atoms with Gasteiger partial charge < -0.3 is 4.48 Å². The first-order chi connectivity index (χ1) is 8.01. The lowest BCUT2D eigenvalue weighted by Crippen LogP contribution is -2.47. The lowest BCUT2D eigenvalue weighted by atomic mass is 10.3. The van der Waals surface area contributed by atoms with Crippen molar-refractivity contribution in [1.29, 1.82) is 0 Å². The van der Waals surface area contributed by atoms with Crippen molar-refractivity contribution >= 4 is 11.0 Å². The summed E-state index contributed by atoms with van der Waals surface area (Å²) in [6.45, 7) is 16.5. The molecule has 0 saturated heterocycles. The van der Waals surface area contributed by atoms with Crippen molar-refractivity contribution in [3.63, 3.8) is 0 Å². The molecule has 0 aromatic rings. The summed E-state index contributed by atoms with van der Waals surface area (Å²) in [4.78, 5) is 0. The average Bonchev–Trinajstić information content (AvgIpc) is 2.34. The molecule has 0 aliphatic carbocycles. The highest BCUT2D eigenvalue weighted by molar-refractivity contribution is 7.67. The van der Waals surface area contributed by atoms with Gasteiger partial charge in [-0.15, -0.1) is 0 Å². The molecule has 0 aliphatic heterocycles. The number of hydrogen-bond donors (Lipinski definition) is 1. The first kappa shape index (κ1) is 19.2. The Bertz CT molecular complexity index is 200. The van der Waals surface area contributed by atoms with E-state index in [1.807, 2.05) is 6.92 Å². The average molecular weight is 268 g/mol. The molecular weight excluding hydrogens is 238 g/mol. The van der Waals surface area contributed by atoms with Crippen molar-refractivity contribution < 1.29 is 17.1 Å². The van der Waals surface area contributed by atoms with Crippen LogP contribution in [0.4, 0.5) is 0 Å². The van der Waals surface area contributed by atoms with Crippen LogP contribution in [0.15, 0.2) is 0 Å². The van der Waals surface area contributed by atoms with E-state index < -0.39 is 11.0 Å². The van der Waals surface area contributed by atoms with E-state index in [9.17, 15) is 8.42 Å². The van der Waals surface area contributed by atoms with Crippen LogP contribution in [0, 0.1) is 0 Å². The van der Waals surface area contributed by atoms with E-state index in [1.54, 1.807) is 0 Å². The van der Waals surface area contributed by atoms with Gasteiger partial charge in [0.2, 0.25) is 0 Å². The van der Waals surface area contributed by atoms with Crippen LogP contribution in [0.2, 0.25) is 0 Å². The van der Waals surface area contributed by atoms with Gasteiger partial charge in [0.1, 0.15) is 0 Å². The fourth-order valence-electron chi connectivity index (χ4n) is 1.63. The van der Waals surface area contributed by atoms with Crippen LogP contribution in [-0.2, 0) is 15.2 Å². The van der Waals surface area contributed by atoms with E-state index in [1.165, 1.54) is 30.7 Å². The molecule has 0 bridgehead atoms. The SMILES string of the molecule is CCCCO[SH](=O)=O.CC[N+](CC)(CC)CC. The number of quaternary nitrogens is 1. The fourth-order valence-corrected chi connectivity index (χ4v) is 1.90. The van der Waals surface area contributed by atoms with Gasteiger partial charge in [0.25, 0.3) is 11.0 Å². The van der Waals surface area contributed by atoms with Gasteiger partial charge in [0, 0.05) is 0 Å². The van der Waals surface area contributed by atoms with Gasteiger partial charge in [-0.25, -0.2) is 8.42 Å². The molecule has 0 unspecified atom stereocenters. The minimum Gasteiger partial charge on any atom is -0.325 e. The third-order valence-corrected chi connectivity index (χ3v) is 3.77. The quantitative estimate of drug-likeness (QED) is 0.417. The smallest absolute Gasteiger partial charge is 0.257 e. The molecule has 0 spiro atoms. The molecule has 5 heteroatoms. The Balaban J connectivity index is 0. The lowest BCUT2D eigenvalue weighted by Gasteiger charge is -2.34. The fraction of sp³-hybridized carbons (Fsp3) is 1.00. The summed E-state index contributed by atoms with van der Waals surface area (Å²) in [5.74, 6) is 0. The number of thiol groups is 1. The van der Waals surface area contributed by atoms with Crippen LogP contribution in [-0.4, -0.2) is 45.7 Å². The second-order valence-electron chi connectivity index (χ2n) is 4.02. The molecular formula is C12H30NO3S+. The minimum atomic E-state index is -2.61. The summed E-state index contributed by atoms with van der Waals surface area (Å²) in [5, 5.41) is 0. The van der Waals surface area contributed by atoms with Crippen molar-refractivity contribution in [1.82, 2.24) is 0 Å². The molecule has 0 saturated carbocycles. The van der Waals surface area contributed by atoms with Crippen LogP contribution >= 0.6 is 0 Å². The van der Waals surface area contributed by atoms with Gasteiger partial charge in [-0.1, -0.05) is 13.3 Å². The molecule has 17 heavy (non-hydrogen) atoms. The van der Waals surface area contributed by atoms with E-state index in [-0.39, 0.29) is 0 Å². The number of nitrogens with zero attached hydrogens (tertiary/aromatic N) is 1. The molecule has 0 radical (unpaired) electrons. The lowest BCUT2D eigenvalue weighted by molar-refractivity contribution is -0.921. The first-order valence-corrected chi connectivity index (χ1v) is 7.73.